The summed E-state index contributed by atoms with van der Waals surface area (Å²) in [4.78, 5) is 25.2. The third-order valence-electron chi connectivity index (χ3n) is 2.66. The van der Waals surface area contributed by atoms with Crippen molar-refractivity contribution in [3.8, 4) is 0 Å². The monoisotopic (exact) mass is 299 g/mol. The number of amides is 2. The van der Waals surface area contributed by atoms with Gasteiger partial charge in [-0.25, -0.2) is 0 Å². The number of rotatable bonds is 5. The molecule has 0 saturated carbocycles. The molecular weight excluding hydrogens is 282 g/mol. The van der Waals surface area contributed by atoms with E-state index in [2.05, 4.69) is 5.32 Å². The standard InChI is InChI=1S/C13H18ClN3O3/c1-17(2)13(19)9-6-8(4-5-10(9)14)16-12(18)11(7-15)20-3/h4-6,11H,7,15H2,1-3H3,(H,16,18). The first kappa shape index (κ1) is 16.4. The van der Waals surface area contributed by atoms with Gasteiger partial charge in [-0.15, -0.1) is 0 Å². The molecule has 20 heavy (non-hydrogen) atoms. The van der Waals surface area contributed by atoms with Crippen molar-refractivity contribution in [3.05, 3.63) is 28.8 Å². The number of methoxy groups -OCH3 is 1. The van der Waals surface area contributed by atoms with Crippen LogP contribution in [0.4, 0.5) is 5.69 Å². The summed E-state index contributed by atoms with van der Waals surface area (Å²) in [5.74, 6) is -0.617. The number of carbonyl (C=O) groups excluding carboxylic acids is 2. The van der Waals surface area contributed by atoms with Gasteiger partial charge >= 0.3 is 0 Å². The van der Waals surface area contributed by atoms with Crippen molar-refractivity contribution in [1.82, 2.24) is 4.90 Å². The van der Waals surface area contributed by atoms with Crippen LogP contribution in [0, 0.1) is 0 Å². The molecule has 2 amide bonds. The van der Waals surface area contributed by atoms with Gasteiger partial charge in [0, 0.05) is 33.4 Å². The lowest BCUT2D eigenvalue weighted by Gasteiger charge is -2.15. The lowest BCUT2D eigenvalue weighted by Crippen LogP contribution is -2.36. The second kappa shape index (κ2) is 7.23. The van der Waals surface area contributed by atoms with E-state index in [0.717, 1.165) is 0 Å². The maximum atomic E-state index is 11.9. The van der Waals surface area contributed by atoms with E-state index in [-0.39, 0.29) is 18.4 Å². The van der Waals surface area contributed by atoms with Crippen molar-refractivity contribution >= 4 is 29.1 Å². The van der Waals surface area contributed by atoms with Gasteiger partial charge in [-0.1, -0.05) is 11.6 Å². The number of carbonyl (C=O) groups is 2. The highest BCUT2D eigenvalue weighted by Gasteiger charge is 2.18. The molecule has 0 heterocycles. The number of hydrogen-bond donors (Lipinski definition) is 2. The van der Waals surface area contributed by atoms with Crippen molar-refractivity contribution in [2.75, 3.05) is 33.1 Å². The van der Waals surface area contributed by atoms with Gasteiger partial charge in [0.25, 0.3) is 11.8 Å². The summed E-state index contributed by atoms with van der Waals surface area (Å²) in [7, 11) is 4.65. The van der Waals surface area contributed by atoms with E-state index in [1.807, 2.05) is 0 Å². The Morgan fingerprint density at radius 1 is 1.45 bits per heavy atom. The number of benzene rings is 1. The second-order valence-corrected chi connectivity index (χ2v) is 4.75. The zero-order chi connectivity index (χ0) is 15.3. The molecule has 3 N–H and O–H groups in total. The molecule has 1 aromatic rings. The molecule has 0 spiro atoms. The lowest BCUT2D eigenvalue weighted by molar-refractivity contribution is -0.125. The van der Waals surface area contributed by atoms with E-state index >= 15 is 0 Å². The molecule has 110 valence electrons. The predicted octanol–water partition coefficient (Wildman–Crippen LogP) is 0.954. The Hall–Kier alpha value is -1.63. The second-order valence-electron chi connectivity index (χ2n) is 4.34. The maximum Gasteiger partial charge on any atom is 0.254 e. The first-order valence-corrected chi connectivity index (χ1v) is 6.33. The van der Waals surface area contributed by atoms with Gasteiger partial charge in [-0.2, -0.15) is 0 Å². The average Bonchev–Trinajstić information content (AvgIpc) is 2.41. The summed E-state index contributed by atoms with van der Waals surface area (Å²) in [5, 5.41) is 2.95. The van der Waals surface area contributed by atoms with Gasteiger partial charge in [0.05, 0.1) is 10.6 Å². The smallest absolute Gasteiger partial charge is 0.254 e. The molecule has 1 atom stereocenters. The first-order valence-electron chi connectivity index (χ1n) is 5.95. The van der Waals surface area contributed by atoms with Gasteiger partial charge in [0.15, 0.2) is 0 Å². The van der Waals surface area contributed by atoms with Crippen LogP contribution in [0.25, 0.3) is 0 Å². The average molecular weight is 300 g/mol. The van der Waals surface area contributed by atoms with Crippen LogP contribution in [0.15, 0.2) is 18.2 Å². The summed E-state index contributed by atoms with van der Waals surface area (Å²) in [5.41, 5.74) is 6.19. The number of nitrogens with zero attached hydrogens (tertiary/aromatic N) is 1. The summed E-state index contributed by atoms with van der Waals surface area (Å²) in [6.45, 7) is 0.0689. The van der Waals surface area contributed by atoms with Crippen LogP contribution in [-0.4, -0.2) is 50.6 Å². The fourth-order valence-electron chi connectivity index (χ4n) is 1.54. The van der Waals surface area contributed by atoms with Crippen molar-refractivity contribution in [2.45, 2.75) is 6.10 Å². The number of hydrogen-bond acceptors (Lipinski definition) is 4. The number of ether oxygens (including phenoxy) is 1. The third kappa shape index (κ3) is 3.93. The highest BCUT2D eigenvalue weighted by atomic mass is 35.5. The zero-order valence-corrected chi connectivity index (χ0v) is 12.4. The summed E-state index contributed by atoms with van der Waals surface area (Å²) in [6.07, 6.45) is -0.737. The third-order valence-corrected chi connectivity index (χ3v) is 2.99. The van der Waals surface area contributed by atoms with E-state index in [4.69, 9.17) is 22.1 Å². The minimum absolute atomic E-state index is 0.0689. The quantitative estimate of drug-likeness (QED) is 0.848. The van der Waals surface area contributed by atoms with E-state index in [1.54, 1.807) is 26.2 Å². The van der Waals surface area contributed by atoms with Crippen LogP contribution in [0.1, 0.15) is 10.4 Å². The molecule has 0 bridgehead atoms. The Kier molecular flexibility index (Phi) is 5.94. The van der Waals surface area contributed by atoms with E-state index in [0.29, 0.717) is 16.3 Å². The molecular formula is C13H18ClN3O3. The fourth-order valence-corrected chi connectivity index (χ4v) is 1.74. The van der Waals surface area contributed by atoms with Gasteiger partial charge < -0.3 is 20.7 Å². The molecule has 0 fully saturated rings. The van der Waals surface area contributed by atoms with Gasteiger partial charge in [0.1, 0.15) is 6.10 Å². The number of nitrogens with one attached hydrogen (secondary N) is 1. The van der Waals surface area contributed by atoms with Crippen molar-refractivity contribution in [2.24, 2.45) is 5.73 Å². The van der Waals surface area contributed by atoms with Gasteiger partial charge in [-0.3, -0.25) is 9.59 Å². The van der Waals surface area contributed by atoms with Crippen molar-refractivity contribution < 1.29 is 14.3 Å². The minimum Gasteiger partial charge on any atom is -0.370 e. The highest BCUT2D eigenvalue weighted by molar-refractivity contribution is 6.34. The van der Waals surface area contributed by atoms with Crippen LogP contribution in [0.5, 0.6) is 0 Å². The zero-order valence-electron chi connectivity index (χ0n) is 11.6. The van der Waals surface area contributed by atoms with Crippen molar-refractivity contribution in [1.29, 1.82) is 0 Å². The highest BCUT2D eigenvalue weighted by Crippen LogP contribution is 2.21. The SMILES string of the molecule is COC(CN)C(=O)Nc1ccc(Cl)c(C(=O)N(C)C)c1. The van der Waals surface area contributed by atoms with Gasteiger partial charge in [0.2, 0.25) is 0 Å². The topological polar surface area (TPSA) is 84.7 Å². The fraction of sp³-hybridized carbons (Fsp3) is 0.385. The van der Waals surface area contributed by atoms with Crippen LogP contribution in [-0.2, 0) is 9.53 Å². The molecule has 0 radical (unpaired) electrons. The molecule has 0 saturated heterocycles. The number of halogens is 1. The molecule has 0 aliphatic rings. The Labute approximate surface area is 122 Å². The maximum absolute atomic E-state index is 11.9. The molecule has 0 aliphatic heterocycles. The minimum atomic E-state index is -0.737. The summed E-state index contributed by atoms with van der Waals surface area (Å²) < 4.78 is 4.93. The van der Waals surface area contributed by atoms with Crippen LogP contribution < -0.4 is 11.1 Å². The summed E-state index contributed by atoms with van der Waals surface area (Å²) >= 11 is 5.98. The molecule has 7 heteroatoms. The summed E-state index contributed by atoms with van der Waals surface area (Å²) in [6, 6.07) is 4.68. The van der Waals surface area contributed by atoms with Crippen LogP contribution in [0.3, 0.4) is 0 Å². The number of anilines is 1. The normalized spacial score (nSPS) is 11.8. The van der Waals surface area contributed by atoms with E-state index in [9.17, 15) is 9.59 Å². The Morgan fingerprint density at radius 3 is 2.60 bits per heavy atom. The van der Waals surface area contributed by atoms with Crippen LogP contribution in [0.2, 0.25) is 5.02 Å². The Balaban J connectivity index is 2.96. The van der Waals surface area contributed by atoms with Gasteiger partial charge in [-0.05, 0) is 18.2 Å². The molecule has 0 aromatic heterocycles. The molecule has 0 aliphatic carbocycles. The van der Waals surface area contributed by atoms with Crippen molar-refractivity contribution in [3.63, 3.8) is 0 Å². The van der Waals surface area contributed by atoms with E-state index < -0.39 is 6.10 Å². The Bertz CT molecular complexity index is 502. The molecule has 1 aromatic carbocycles. The predicted molar refractivity (Wildman–Crippen MR) is 78.0 cm³/mol. The Morgan fingerprint density at radius 2 is 2.10 bits per heavy atom. The lowest BCUT2D eigenvalue weighted by atomic mass is 10.1. The number of nitrogens with two attached hydrogens (primary N) is 1. The first-order chi connectivity index (χ1) is 9.40. The molecule has 6 nitrogen and oxygen atoms in total. The molecule has 1 rings (SSSR count). The van der Waals surface area contributed by atoms with E-state index in [1.165, 1.54) is 18.1 Å². The largest absolute Gasteiger partial charge is 0.370 e. The molecule has 1 unspecified atom stereocenters. The van der Waals surface area contributed by atoms with Crippen LogP contribution >= 0.6 is 11.6 Å².